The molecule has 0 aliphatic carbocycles. The maximum Gasteiger partial charge on any atom is 0.187 e. The third-order valence-corrected chi connectivity index (χ3v) is 2.85. The highest BCUT2D eigenvalue weighted by atomic mass is 79.9. The SMILES string of the molecule is Nc1cccnc1C(=O)Cc1cccc(Br)c1. The first-order chi connectivity index (χ1) is 8.16. The highest BCUT2D eigenvalue weighted by Crippen LogP contribution is 2.15. The second-order valence-electron chi connectivity index (χ2n) is 3.67. The fourth-order valence-corrected chi connectivity index (χ4v) is 2.01. The summed E-state index contributed by atoms with van der Waals surface area (Å²) in [4.78, 5) is 16.0. The topological polar surface area (TPSA) is 56.0 Å². The number of hydrogen-bond acceptors (Lipinski definition) is 3. The number of nitrogens with zero attached hydrogens (tertiary/aromatic N) is 1. The van der Waals surface area contributed by atoms with Crippen molar-refractivity contribution < 1.29 is 4.79 Å². The Morgan fingerprint density at radius 1 is 1.29 bits per heavy atom. The zero-order valence-corrected chi connectivity index (χ0v) is 10.6. The van der Waals surface area contributed by atoms with E-state index in [1.165, 1.54) is 0 Å². The van der Waals surface area contributed by atoms with Crippen LogP contribution in [0.15, 0.2) is 47.1 Å². The summed E-state index contributed by atoms with van der Waals surface area (Å²) in [5, 5.41) is 0. The standard InChI is InChI=1S/C13H11BrN2O/c14-10-4-1-3-9(7-10)8-12(17)13-11(15)5-2-6-16-13/h1-7H,8,15H2. The van der Waals surface area contributed by atoms with Gasteiger partial charge in [0.05, 0.1) is 5.69 Å². The van der Waals surface area contributed by atoms with Gasteiger partial charge >= 0.3 is 0 Å². The van der Waals surface area contributed by atoms with Crippen molar-refractivity contribution in [1.29, 1.82) is 0 Å². The van der Waals surface area contributed by atoms with Crippen LogP contribution in [0.5, 0.6) is 0 Å². The van der Waals surface area contributed by atoms with Crippen molar-refractivity contribution in [2.45, 2.75) is 6.42 Å². The van der Waals surface area contributed by atoms with Crippen LogP contribution in [0.1, 0.15) is 16.1 Å². The molecule has 1 aromatic heterocycles. The third kappa shape index (κ3) is 2.91. The highest BCUT2D eigenvalue weighted by molar-refractivity contribution is 9.10. The molecule has 17 heavy (non-hydrogen) atoms. The Hall–Kier alpha value is -1.68. The number of nitrogen functional groups attached to an aromatic ring is 1. The number of anilines is 1. The number of carbonyl (C=O) groups excluding carboxylic acids is 1. The number of nitrogens with two attached hydrogens (primary N) is 1. The molecule has 4 heteroatoms. The summed E-state index contributed by atoms with van der Waals surface area (Å²) in [6, 6.07) is 11.0. The molecule has 2 N–H and O–H groups in total. The van der Waals surface area contributed by atoms with Gasteiger partial charge in [-0.3, -0.25) is 9.78 Å². The van der Waals surface area contributed by atoms with Crippen molar-refractivity contribution in [2.24, 2.45) is 0 Å². The van der Waals surface area contributed by atoms with E-state index in [0.717, 1.165) is 10.0 Å². The maximum atomic E-state index is 12.0. The summed E-state index contributed by atoms with van der Waals surface area (Å²) in [5.74, 6) is -0.0683. The van der Waals surface area contributed by atoms with E-state index in [1.54, 1.807) is 18.3 Å². The van der Waals surface area contributed by atoms with Crippen molar-refractivity contribution in [2.75, 3.05) is 5.73 Å². The molecular weight excluding hydrogens is 280 g/mol. The summed E-state index contributed by atoms with van der Waals surface area (Å²) in [6.07, 6.45) is 1.88. The minimum Gasteiger partial charge on any atom is -0.397 e. The Morgan fingerprint density at radius 3 is 2.82 bits per heavy atom. The summed E-state index contributed by atoms with van der Waals surface area (Å²) < 4.78 is 0.955. The van der Waals surface area contributed by atoms with E-state index in [-0.39, 0.29) is 5.78 Å². The van der Waals surface area contributed by atoms with Crippen LogP contribution in [0.4, 0.5) is 5.69 Å². The predicted octanol–water partition coefficient (Wildman–Crippen LogP) is 2.85. The van der Waals surface area contributed by atoms with Gasteiger partial charge in [0.15, 0.2) is 5.78 Å². The fourth-order valence-electron chi connectivity index (χ4n) is 1.57. The van der Waals surface area contributed by atoms with Crippen LogP contribution in [-0.4, -0.2) is 10.8 Å². The van der Waals surface area contributed by atoms with Gasteiger partial charge in [-0.05, 0) is 29.8 Å². The Labute approximate surface area is 108 Å². The van der Waals surface area contributed by atoms with Crippen molar-refractivity contribution in [1.82, 2.24) is 4.98 Å². The number of halogens is 1. The van der Waals surface area contributed by atoms with Gasteiger partial charge in [-0.1, -0.05) is 28.1 Å². The minimum atomic E-state index is -0.0683. The van der Waals surface area contributed by atoms with Gasteiger partial charge in [-0.2, -0.15) is 0 Å². The monoisotopic (exact) mass is 290 g/mol. The lowest BCUT2D eigenvalue weighted by Crippen LogP contribution is -2.09. The molecule has 0 amide bonds. The first kappa shape index (κ1) is 11.8. The molecule has 0 atom stereocenters. The zero-order valence-electron chi connectivity index (χ0n) is 9.06. The first-order valence-electron chi connectivity index (χ1n) is 5.15. The van der Waals surface area contributed by atoms with E-state index in [4.69, 9.17) is 5.73 Å². The third-order valence-electron chi connectivity index (χ3n) is 2.36. The molecule has 0 radical (unpaired) electrons. The lowest BCUT2D eigenvalue weighted by Gasteiger charge is -2.03. The summed E-state index contributed by atoms with van der Waals surface area (Å²) >= 11 is 3.37. The number of benzene rings is 1. The lowest BCUT2D eigenvalue weighted by molar-refractivity contribution is 0.0989. The van der Waals surface area contributed by atoms with Gasteiger partial charge in [0.2, 0.25) is 0 Å². The van der Waals surface area contributed by atoms with Crippen LogP contribution >= 0.6 is 15.9 Å². The number of Topliss-reactive ketones (excluding diaryl/α,β-unsaturated/α-hetero) is 1. The molecule has 0 saturated carbocycles. The number of hydrogen-bond donors (Lipinski definition) is 1. The van der Waals surface area contributed by atoms with Gasteiger partial charge < -0.3 is 5.73 Å². The Bertz CT molecular complexity index is 555. The summed E-state index contributed by atoms with van der Waals surface area (Å²) in [5.41, 5.74) is 7.42. The zero-order chi connectivity index (χ0) is 12.3. The molecule has 0 spiro atoms. The molecule has 1 heterocycles. The van der Waals surface area contributed by atoms with Crippen molar-refractivity contribution >= 4 is 27.4 Å². The molecule has 2 rings (SSSR count). The van der Waals surface area contributed by atoms with Crippen LogP contribution in [0.3, 0.4) is 0 Å². The number of aromatic nitrogens is 1. The Balaban J connectivity index is 2.20. The fraction of sp³-hybridized carbons (Fsp3) is 0.0769. The number of pyridine rings is 1. The summed E-state index contributed by atoms with van der Waals surface area (Å²) in [6.45, 7) is 0. The smallest absolute Gasteiger partial charge is 0.187 e. The molecule has 0 aliphatic heterocycles. The predicted molar refractivity (Wildman–Crippen MR) is 70.8 cm³/mol. The van der Waals surface area contributed by atoms with Crippen molar-refractivity contribution in [3.8, 4) is 0 Å². The Kier molecular flexibility index (Phi) is 3.54. The van der Waals surface area contributed by atoms with Crippen molar-refractivity contribution in [3.63, 3.8) is 0 Å². The molecule has 1 aromatic carbocycles. The van der Waals surface area contributed by atoms with Gasteiger partial charge in [-0.25, -0.2) is 0 Å². The van der Waals surface area contributed by atoms with E-state index in [2.05, 4.69) is 20.9 Å². The van der Waals surface area contributed by atoms with E-state index < -0.39 is 0 Å². The number of carbonyl (C=O) groups is 1. The largest absolute Gasteiger partial charge is 0.397 e. The van der Waals surface area contributed by atoms with Crippen LogP contribution in [0.2, 0.25) is 0 Å². The van der Waals surface area contributed by atoms with Crippen LogP contribution in [0.25, 0.3) is 0 Å². The first-order valence-corrected chi connectivity index (χ1v) is 5.94. The highest BCUT2D eigenvalue weighted by Gasteiger charge is 2.11. The molecule has 0 aliphatic rings. The van der Waals surface area contributed by atoms with E-state index in [1.807, 2.05) is 24.3 Å². The van der Waals surface area contributed by atoms with Crippen LogP contribution in [0, 0.1) is 0 Å². The average Bonchev–Trinajstić information content (AvgIpc) is 2.29. The van der Waals surface area contributed by atoms with Gasteiger partial charge in [-0.15, -0.1) is 0 Å². The minimum absolute atomic E-state index is 0.0683. The molecule has 0 bridgehead atoms. The quantitative estimate of drug-likeness (QED) is 0.885. The molecule has 0 fully saturated rings. The molecule has 3 nitrogen and oxygen atoms in total. The second-order valence-corrected chi connectivity index (χ2v) is 4.59. The maximum absolute atomic E-state index is 12.0. The van der Waals surface area contributed by atoms with E-state index in [9.17, 15) is 4.79 Å². The van der Waals surface area contributed by atoms with E-state index >= 15 is 0 Å². The number of rotatable bonds is 3. The van der Waals surface area contributed by atoms with Crippen LogP contribution in [-0.2, 0) is 6.42 Å². The lowest BCUT2D eigenvalue weighted by atomic mass is 10.1. The van der Waals surface area contributed by atoms with Crippen LogP contribution < -0.4 is 5.73 Å². The second kappa shape index (κ2) is 5.10. The molecule has 0 saturated heterocycles. The summed E-state index contributed by atoms with van der Waals surface area (Å²) in [7, 11) is 0. The molecular formula is C13H11BrN2O. The van der Waals surface area contributed by atoms with Gasteiger partial charge in [0.1, 0.15) is 5.69 Å². The average molecular weight is 291 g/mol. The Morgan fingerprint density at radius 2 is 2.12 bits per heavy atom. The number of ketones is 1. The molecule has 0 unspecified atom stereocenters. The van der Waals surface area contributed by atoms with Gasteiger partial charge in [0.25, 0.3) is 0 Å². The molecule has 2 aromatic rings. The normalized spacial score (nSPS) is 10.2. The molecule has 86 valence electrons. The van der Waals surface area contributed by atoms with Gasteiger partial charge in [0, 0.05) is 17.1 Å². The van der Waals surface area contributed by atoms with E-state index in [0.29, 0.717) is 17.8 Å². The van der Waals surface area contributed by atoms with Crippen molar-refractivity contribution in [3.05, 3.63) is 58.3 Å².